The fourth-order valence-corrected chi connectivity index (χ4v) is 5.07. The Morgan fingerprint density at radius 2 is 1.80 bits per heavy atom. The lowest BCUT2D eigenvalue weighted by Crippen LogP contribution is -2.48. The Morgan fingerprint density at radius 3 is 2.57 bits per heavy atom. The van der Waals surface area contributed by atoms with Crippen LogP contribution in [0.15, 0.2) is 36.4 Å². The third kappa shape index (κ3) is 3.47. The second-order valence-electron chi connectivity index (χ2n) is 7.98. The van der Waals surface area contributed by atoms with Crippen LogP contribution < -0.4 is 14.4 Å². The van der Waals surface area contributed by atoms with E-state index in [4.69, 9.17) is 14.5 Å². The van der Waals surface area contributed by atoms with Crippen LogP contribution in [0.3, 0.4) is 0 Å². The van der Waals surface area contributed by atoms with Crippen LogP contribution >= 0.6 is 11.3 Å². The number of nitrogens with zero attached hydrogens (tertiary/aromatic N) is 3. The Balaban J connectivity index is 1.29. The van der Waals surface area contributed by atoms with Crippen molar-refractivity contribution in [1.29, 1.82) is 0 Å². The Bertz CT molecular complexity index is 1090. The first-order chi connectivity index (χ1) is 14.6. The molecule has 156 valence electrons. The third-order valence-corrected chi connectivity index (χ3v) is 6.77. The molecule has 0 atom stereocenters. The number of hydrogen-bond acceptors (Lipinski definition) is 6. The zero-order valence-corrected chi connectivity index (χ0v) is 18.1. The van der Waals surface area contributed by atoms with Gasteiger partial charge in [-0.1, -0.05) is 37.3 Å². The topological polar surface area (TPSA) is 54.9 Å². The summed E-state index contributed by atoms with van der Waals surface area (Å²) in [6, 6.07) is 11.9. The van der Waals surface area contributed by atoms with E-state index in [0.717, 1.165) is 23.7 Å². The van der Waals surface area contributed by atoms with Crippen molar-refractivity contribution in [1.82, 2.24) is 9.88 Å². The molecule has 2 aromatic carbocycles. The number of carbonyl (C=O) groups excluding carboxylic acids is 1. The first-order valence-electron chi connectivity index (χ1n) is 10.4. The first kappa shape index (κ1) is 19.2. The van der Waals surface area contributed by atoms with Gasteiger partial charge in [0.1, 0.15) is 13.2 Å². The molecule has 5 rings (SSSR count). The van der Waals surface area contributed by atoms with Gasteiger partial charge in [-0.15, -0.1) is 0 Å². The molecular weight excluding hydrogens is 398 g/mol. The Morgan fingerprint density at radius 1 is 1.03 bits per heavy atom. The molecule has 0 spiro atoms. The molecule has 1 amide bonds. The molecule has 2 aliphatic heterocycles. The molecule has 3 heterocycles. The predicted octanol–water partition coefficient (Wildman–Crippen LogP) is 4.15. The zero-order chi connectivity index (χ0) is 20.7. The number of ether oxygens (including phenoxy) is 2. The highest BCUT2D eigenvalue weighted by atomic mass is 32.1. The SMILES string of the molecule is CC(C)c1cccc2sc(N3CCN(C(=O)c4ccc5c(c4)OCCO5)CC3)nc12. The summed E-state index contributed by atoms with van der Waals surface area (Å²) in [5.74, 6) is 1.85. The molecule has 2 aliphatic rings. The highest BCUT2D eigenvalue weighted by molar-refractivity contribution is 7.22. The summed E-state index contributed by atoms with van der Waals surface area (Å²) in [5.41, 5.74) is 3.05. The van der Waals surface area contributed by atoms with E-state index in [1.807, 2.05) is 17.0 Å². The zero-order valence-electron chi connectivity index (χ0n) is 17.3. The first-order valence-corrected chi connectivity index (χ1v) is 11.2. The van der Waals surface area contributed by atoms with Crippen molar-refractivity contribution in [2.24, 2.45) is 0 Å². The molecule has 3 aromatic rings. The van der Waals surface area contributed by atoms with Gasteiger partial charge in [-0.25, -0.2) is 4.98 Å². The van der Waals surface area contributed by atoms with Crippen LogP contribution in [0.1, 0.15) is 35.7 Å². The number of fused-ring (bicyclic) bond motifs is 2. The number of thiazole rings is 1. The second kappa shape index (κ2) is 7.80. The molecule has 0 aliphatic carbocycles. The van der Waals surface area contributed by atoms with Gasteiger partial charge < -0.3 is 19.3 Å². The molecule has 6 nitrogen and oxygen atoms in total. The van der Waals surface area contributed by atoms with Gasteiger partial charge in [0.25, 0.3) is 5.91 Å². The summed E-state index contributed by atoms with van der Waals surface area (Å²) in [6.45, 7) is 8.41. The number of benzene rings is 2. The van der Waals surface area contributed by atoms with Crippen LogP contribution in [-0.4, -0.2) is 55.2 Å². The van der Waals surface area contributed by atoms with Crippen molar-refractivity contribution >= 4 is 32.6 Å². The molecule has 0 saturated carbocycles. The van der Waals surface area contributed by atoms with Crippen LogP contribution in [0, 0.1) is 0 Å². The highest BCUT2D eigenvalue weighted by Gasteiger charge is 2.25. The molecule has 0 radical (unpaired) electrons. The number of piperazine rings is 1. The van der Waals surface area contributed by atoms with E-state index in [1.165, 1.54) is 10.3 Å². The number of carbonyl (C=O) groups is 1. The van der Waals surface area contributed by atoms with E-state index in [2.05, 4.69) is 36.9 Å². The quantitative estimate of drug-likeness (QED) is 0.633. The lowest BCUT2D eigenvalue weighted by atomic mass is 10.0. The molecule has 0 N–H and O–H groups in total. The minimum absolute atomic E-state index is 0.0398. The molecule has 0 bridgehead atoms. The van der Waals surface area contributed by atoms with Gasteiger partial charge in [0, 0.05) is 31.7 Å². The number of hydrogen-bond donors (Lipinski definition) is 0. The molecule has 1 fully saturated rings. The summed E-state index contributed by atoms with van der Waals surface area (Å²) >= 11 is 1.74. The lowest BCUT2D eigenvalue weighted by Gasteiger charge is -2.34. The van der Waals surface area contributed by atoms with Crippen molar-refractivity contribution in [2.75, 3.05) is 44.3 Å². The van der Waals surface area contributed by atoms with E-state index in [-0.39, 0.29) is 5.91 Å². The smallest absolute Gasteiger partial charge is 0.254 e. The van der Waals surface area contributed by atoms with Crippen LogP contribution in [0.25, 0.3) is 10.2 Å². The number of amides is 1. The van der Waals surface area contributed by atoms with Gasteiger partial charge in [0.15, 0.2) is 16.6 Å². The monoisotopic (exact) mass is 423 g/mol. The van der Waals surface area contributed by atoms with E-state index >= 15 is 0 Å². The maximum absolute atomic E-state index is 13.0. The summed E-state index contributed by atoms with van der Waals surface area (Å²) < 4.78 is 12.4. The van der Waals surface area contributed by atoms with Gasteiger partial charge in [0.2, 0.25) is 0 Å². The Hall–Kier alpha value is -2.80. The van der Waals surface area contributed by atoms with E-state index in [9.17, 15) is 4.79 Å². The summed E-state index contributed by atoms with van der Waals surface area (Å²) in [7, 11) is 0. The average molecular weight is 424 g/mol. The largest absolute Gasteiger partial charge is 0.486 e. The van der Waals surface area contributed by atoms with E-state index in [1.54, 1.807) is 17.4 Å². The predicted molar refractivity (Wildman–Crippen MR) is 119 cm³/mol. The highest BCUT2D eigenvalue weighted by Crippen LogP contribution is 2.34. The van der Waals surface area contributed by atoms with Crippen LogP contribution in [0.4, 0.5) is 5.13 Å². The molecule has 0 unspecified atom stereocenters. The van der Waals surface area contributed by atoms with Gasteiger partial charge in [-0.2, -0.15) is 0 Å². The number of para-hydroxylation sites is 1. The molecular formula is C23H25N3O3S. The fraction of sp³-hybridized carbons (Fsp3) is 0.391. The van der Waals surface area contributed by atoms with Crippen molar-refractivity contribution in [3.63, 3.8) is 0 Å². The fourth-order valence-electron chi connectivity index (χ4n) is 4.02. The van der Waals surface area contributed by atoms with Crippen molar-refractivity contribution in [2.45, 2.75) is 19.8 Å². The summed E-state index contributed by atoms with van der Waals surface area (Å²) in [4.78, 5) is 22.1. The van der Waals surface area contributed by atoms with Crippen molar-refractivity contribution in [3.8, 4) is 11.5 Å². The maximum Gasteiger partial charge on any atom is 0.254 e. The molecule has 1 saturated heterocycles. The number of aromatic nitrogens is 1. The molecule has 1 aromatic heterocycles. The maximum atomic E-state index is 13.0. The van der Waals surface area contributed by atoms with Crippen LogP contribution in [-0.2, 0) is 0 Å². The van der Waals surface area contributed by atoms with Gasteiger partial charge in [0.05, 0.1) is 10.2 Å². The van der Waals surface area contributed by atoms with E-state index < -0.39 is 0 Å². The number of anilines is 1. The van der Waals surface area contributed by atoms with Crippen molar-refractivity contribution < 1.29 is 14.3 Å². The molecule has 7 heteroatoms. The average Bonchev–Trinajstić information content (AvgIpc) is 3.22. The normalized spacial score (nSPS) is 16.4. The van der Waals surface area contributed by atoms with Gasteiger partial charge >= 0.3 is 0 Å². The standard InChI is InChI=1S/C23H25N3O3S/c1-15(2)17-4-3-5-20-21(17)24-23(30-20)26-10-8-25(9-11-26)22(27)16-6-7-18-19(14-16)29-13-12-28-18/h3-7,14-15H,8-13H2,1-2H3. The van der Waals surface area contributed by atoms with Gasteiger partial charge in [-0.3, -0.25) is 4.79 Å². The second-order valence-corrected chi connectivity index (χ2v) is 8.99. The molecule has 30 heavy (non-hydrogen) atoms. The minimum atomic E-state index is 0.0398. The third-order valence-electron chi connectivity index (χ3n) is 5.69. The van der Waals surface area contributed by atoms with Gasteiger partial charge in [-0.05, 0) is 35.7 Å². The Labute approximate surface area is 180 Å². The van der Waals surface area contributed by atoms with E-state index in [0.29, 0.717) is 49.3 Å². The van der Waals surface area contributed by atoms with Crippen LogP contribution in [0.5, 0.6) is 11.5 Å². The lowest BCUT2D eigenvalue weighted by molar-refractivity contribution is 0.0745. The van der Waals surface area contributed by atoms with Crippen LogP contribution in [0.2, 0.25) is 0 Å². The minimum Gasteiger partial charge on any atom is -0.486 e. The summed E-state index contributed by atoms with van der Waals surface area (Å²) in [5, 5.41) is 1.05. The van der Waals surface area contributed by atoms with Crippen molar-refractivity contribution in [3.05, 3.63) is 47.5 Å². The summed E-state index contributed by atoms with van der Waals surface area (Å²) in [6.07, 6.45) is 0. The Kier molecular flexibility index (Phi) is 4.98. The number of rotatable bonds is 3.